The average molecular weight is 486 g/mol. The molecule has 4 aromatic rings. The Morgan fingerprint density at radius 3 is 2.83 bits per heavy atom. The Morgan fingerprint density at radius 1 is 1.17 bits per heavy atom. The highest BCUT2D eigenvalue weighted by molar-refractivity contribution is 9.10. The minimum atomic E-state index is -0.0954. The van der Waals surface area contributed by atoms with Crippen LogP contribution >= 0.6 is 27.7 Å². The SMILES string of the molecule is O=c1cc(CSc2nnc(-c3ccco3)n2C2CCCCC2)nc2ccc(Br)cn12. The number of rotatable bonds is 5. The predicted molar refractivity (Wildman–Crippen MR) is 119 cm³/mol. The van der Waals surface area contributed by atoms with Gasteiger partial charge in [-0.1, -0.05) is 31.0 Å². The molecule has 154 valence electrons. The summed E-state index contributed by atoms with van der Waals surface area (Å²) in [6, 6.07) is 9.45. The number of thioether (sulfide) groups is 1. The molecule has 0 aliphatic heterocycles. The number of aromatic nitrogens is 5. The molecule has 0 bridgehead atoms. The van der Waals surface area contributed by atoms with Crippen LogP contribution in [0.1, 0.15) is 43.8 Å². The summed E-state index contributed by atoms with van der Waals surface area (Å²) in [6.07, 6.45) is 9.32. The first kappa shape index (κ1) is 19.6. The second kappa shape index (κ2) is 8.39. The van der Waals surface area contributed by atoms with Gasteiger partial charge in [-0.3, -0.25) is 13.8 Å². The minimum absolute atomic E-state index is 0.0954. The van der Waals surface area contributed by atoms with Crippen LogP contribution in [-0.2, 0) is 5.75 Å². The van der Waals surface area contributed by atoms with E-state index in [1.54, 1.807) is 30.3 Å². The third-order valence-electron chi connectivity index (χ3n) is 5.37. The Morgan fingerprint density at radius 2 is 2.03 bits per heavy atom. The van der Waals surface area contributed by atoms with Gasteiger partial charge in [-0.05, 0) is 53.0 Å². The molecule has 4 heterocycles. The van der Waals surface area contributed by atoms with Crippen molar-refractivity contribution in [1.82, 2.24) is 24.1 Å². The number of nitrogens with zero attached hydrogens (tertiary/aromatic N) is 5. The molecule has 1 saturated carbocycles. The quantitative estimate of drug-likeness (QED) is 0.365. The maximum absolute atomic E-state index is 12.5. The highest BCUT2D eigenvalue weighted by Crippen LogP contribution is 2.36. The molecule has 7 nitrogen and oxygen atoms in total. The summed E-state index contributed by atoms with van der Waals surface area (Å²) in [5.41, 5.74) is 1.26. The zero-order valence-electron chi connectivity index (χ0n) is 16.2. The lowest BCUT2D eigenvalue weighted by molar-refractivity contribution is 0.337. The first-order chi connectivity index (χ1) is 14.7. The fourth-order valence-corrected chi connectivity index (χ4v) is 5.19. The highest BCUT2D eigenvalue weighted by Gasteiger charge is 2.25. The predicted octanol–water partition coefficient (Wildman–Crippen LogP) is 5.11. The summed E-state index contributed by atoms with van der Waals surface area (Å²) in [6.45, 7) is 0. The van der Waals surface area contributed by atoms with Crippen molar-refractivity contribution in [2.45, 2.75) is 49.1 Å². The molecule has 1 aliphatic carbocycles. The number of hydrogen-bond donors (Lipinski definition) is 0. The van der Waals surface area contributed by atoms with Gasteiger partial charge in [0.2, 0.25) is 5.82 Å². The van der Waals surface area contributed by atoms with Crippen molar-refractivity contribution in [3.05, 3.63) is 63.3 Å². The summed E-state index contributed by atoms with van der Waals surface area (Å²) in [5, 5.41) is 9.73. The van der Waals surface area contributed by atoms with Crippen molar-refractivity contribution in [2.24, 2.45) is 0 Å². The van der Waals surface area contributed by atoms with Crippen LogP contribution < -0.4 is 5.56 Å². The normalized spacial score (nSPS) is 15.1. The fourth-order valence-electron chi connectivity index (χ4n) is 3.96. The van der Waals surface area contributed by atoms with Gasteiger partial charge in [-0.15, -0.1) is 10.2 Å². The first-order valence-corrected chi connectivity index (χ1v) is 11.8. The van der Waals surface area contributed by atoms with E-state index in [0.29, 0.717) is 17.4 Å². The van der Waals surface area contributed by atoms with Crippen molar-refractivity contribution < 1.29 is 4.42 Å². The molecule has 30 heavy (non-hydrogen) atoms. The van der Waals surface area contributed by atoms with E-state index in [9.17, 15) is 4.79 Å². The van der Waals surface area contributed by atoms with Gasteiger partial charge in [0, 0.05) is 28.5 Å². The molecule has 0 aromatic carbocycles. The summed E-state index contributed by atoms with van der Waals surface area (Å²) in [5.74, 6) is 2.04. The van der Waals surface area contributed by atoms with Crippen molar-refractivity contribution >= 4 is 33.3 Å². The molecule has 0 amide bonds. The Balaban J connectivity index is 1.45. The van der Waals surface area contributed by atoms with Crippen molar-refractivity contribution in [3.8, 4) is 11.6 Å². The van der Waals surface area contributed by atoms with E-state index in [1.165, 1.54) is 23.7 Å². The molecular formula is C21H20BrN5O2S. The van der Waals surface area contributed by atoms with E-state index >= 15 is 0 Å². The summed E-state index contributed by atoms with van der Waals surface area (Å²) >= 11 is 4.95. The van der Waals surface area contributed by atoms with Crippen LogP contribution in [-0.4, -0.2) is 24.1 Å². The number of pyridine rings is 1. The lowest BCUT2D eigenvalue weighted by atomic mass is 9.95. The van der Waals surface area contributed by atoms with Crippen LogP contribution in [0, 0.1) is 0 Å². The monoisotopic (exact) mass is 485 g/mol. The van der Waals surface area contributed by atoms with Crippen LogP contribution in [0.3, 0.4) is 0 Å². The van der Waals surface area contributed by atoms with Gasteiger partial charge < -0.3 is 4.42 Å². The smallest absolute Gasteiger partial charge is 0.258 e. The second-order valence-electron chi connectivity index (χ2n) is 7.40. The Labute approximate surface area is 185 Å². The lowest BCUT2D eigenvalue weighted by Gasteiger charge is -2.25. The molecule has 1 fully saturated rings. The third kappa shape index (κ3) is 3.83. The van der Waals surface area contributed by atoms with Gasteiger partial charge in [0.05, 0.1) is 12.0 Å². The van der Waals surface area contributed by atoms with Gasteiger partial charge in [-0.2, -0.15) is 0 Å². The van der Waals surface area contributed by atoms with Gasteiger partial charge in [0.1, 0.15) is 5.65 Å². The first-order valence-electron chi connectivity index (χ1n) is 9.98. The Kier molecular flexibility index (Phi) is 5.47. The van der Waals surface area contributed by atoms with Crippen LogP contribution in [0.25, 0.3) is 17.2 Å². The van der Waals surface area contributed by atoms with Crippen LogP contribution in [0.2, 0.25) is 0 Å². The Bertz CT molecular complexity index is 1230. The molecule has 0 saturated heterocycles. The molecule has 9 heteroatoms. The van der Waals surface area contributed by atoms with Gasteiger partial charge in [0.25, 0.3) is 5.56 Å². The van der Waals surface area contributed by atoms with E-state index in [4.69, 9.17) is 4.42 Å². The maximum Gasteiger partial charge on any atom is 0.258 e. The van der Waals surface area contributed by atoms with Crippen LogP contribution in [0.15, 0.2) is 61.6 Å². The molecule has 5 rings (SSSR count). The van der Waals surface area contributed by atoms with E-state index in [1.807, 2.05) is 24.3 Å². The largest absolute Gasteiger partial charge is 0.461 e. The zero-order valence-corrected chi connectivity index (χ0v) is 18.6. The van der Waals surface area contributed by atoms with Crippen molar-refractivity contribution in [2.75, 3.05) is 0 Å². The lowest BCUT2D eigenvalue weighted by Crippen LogP contribution is -2.16. The molecule has 0 unspecified atom stereocenters. The minimum Gasteiger partial charge on any atom is -0.461 e. The highest BCUT2D eigenvalue weighted by atomic mass is 79.9. The molecular weight excluding hydrogens is 466 g/mol. The van der Waals surface area contributed by atoms with Gasteiger partial charge in [-0.25, -0.2) is 4.98 Å². The van der Waals surface area contributed by atoms with Gasteiger partial charge >= 0.3 is 0 Å². The molecule has 0 N–H and O–H groups in total. The molecule has 0 atom stereocenters. The number of furan rings is 1. The third-order valence-corrected chi connectivity index (χ3v) is 6.82. The number of hydrogen-bond acceptors (Lipinski definition) is 6. The fraction of sp³-hybridized carbons (Fsp3) is 0.333. The van der Waals surface area contributed by atoms with E-state index in [-0.39, 0.29) is 5.56 Å². The standard InChI is InChI=1S/C21H20BrN5O2S/c22-14-8-9-18-23-15(11-19(28)26(18)12-14)13-30-21-25-24-20(17-7-4-10-29-17)27(21)16-5-2-1-3-6-16/h4,7-12,16H,1-3,5-6,13H2. The van der Waals surface area contributed by atoms with E-state index in [2.05, 4.69) is 35.7 Å². The second-order valence-corrected chi connectivity index (χ2v) is 9.25. The Hall–Kier alpha value is -2.39. The van der Waals surface area contributed by atoms with Crippen molar-refractivity contribution in [3.63, 3.8) is 0 Å². The molecule has 4 aromatic heterocycles. The topological polar surface area (TPSA) is 78.2 Å². The molecule has 1 aliphatic rings. The van der Waals surface area contributed by atoms with Crippen LogP contribution in [0.5, 0.6) is 0 Å². The number of fused-ring (bicyclic) bond motifs is 1. The maximum atomic E-state index is 12.5. The van der Waals surface area contributed by atoms with Crippen LogP contribution in [0.4, 0.5) is 0 Å². The molecule has 0 spiro atoms. The summed E-state index contributed by atoms with van der Waals surface area (Å²) in [4.78, 5) is 17.1. The zero-order chi connectivity index (χ0) is 20.5. The van der Waals surface area contributed by atoms with Gasteiger partial charge in [0.15, 0.2) is 10.9 Å². The molecule has 0 radical (unpaired) electrons. The summed E-state index contributed by atoms with van der Waals surface area (Å²) < 4.78 is 10.2. The van der Waals surface area contributed by atoms with E-state index in [0.717, 1.165) is 39.7 Å². The summed E-state index contributed by atoms with van der Waals surface area (Å²) in [7, 11) is 0. The average Bonchev–Trinajstić information content (AvgIpc) is 3.43. The number of halogens is 1. The van der Waals surface area contributed by atoms with Crippen molar-refractivity contribution in [1.29, 1.82) is 0 Å². The van der Waals surface area contributed by atoms with E-state index < -0.39 is 0 Å².